The smallest absolute Gasteiger partial charge is 0.272 e. The van der Waals surface area contributed by atoms with E-state index in [1.807, 2.05) is 5.38 Å². The van der Waals surface area contributed by atoms with Crippen molar-refractivity contribution < 1.29 is 14.8 Å². The number of aliphatic hydroxyl groups is 1. The van der Waals surface area contributed by atoms with E-state index in [1.165, 1.54) is 29.5 Å². The predicted octanol–water partition coefficient (Wildman–Crippen LogP) is 2.00. The Labute approximate surface area is 133 Å². The molecule has 0 radical (unpaired) electrons. The number of aromatic nitrogens is 2. The molecule has 0 bridgehead atoms. The molecule has 0 aliphatic heterocycles. The largest absolute Gasteiger partial charge is 0.387 e. The van der Waals surface area contributed by atoms with Crippen molar-refractivity contribution in [1.82, 2.24) is 15.5 Å². The van der Waals surface area contributed by atoms with Crippen molar-refractivity contribution in [2.24, 2.45) is 0 Å². The molecule has 0 aliphatic carbocycles. The number of aliphatic hydroxyl groups excluding tert-OH is 1. The maximum Gasteiger partial charge on any atom is 0.272 e. The lowest BCUT2D eigenvalue weighted by molar-refractivity contribution is -0.384. The molecular weight excluding hydrogens is 320 g/mol. The van der Waals surface area contributed by atoms with Gasteiger partial charge in [0.2, 0.25) is 0 Å². The first kappa shape index (κ1) is 15.1. The molecule has 2 heterocycles. The minimum Gasteiger partial charge on any atom is -0.387 e. The van der Waals surface area contributed by atoms with Crippen molar-refractivity contribution >= 4 is 33.8 Å². The van der Waals surface area contributed by atoms with Crippen LogP contribution < -0.4 is 5.32 Å². The third kappa shape index (κ3) is 3.05. The number of carbonyl (C=O) groups is 1. The number of nitro groups is 1. The molecule has 9 heteroatoms. The summed E-state index contributed by atoms with van der Waals surface area (Å²) in [5.74, 6) is -0.508. The maximum atomic E-state index is 12.2. The SMILES string of the molecule is O=C(NCC(O)c1ccsc1)c1n[nH]c2ccc([N+](=O)[O-])cc12. The van der Waals surface area contributed by atoms with Crippen LogP contribution in [0, 0.1) is 10.1 Å². The van der Waals surface area contributed by atoms with Crippen molar-refractivity contribution in [1.29, 1.82) is 0 Å². The molecule has 8 nitrogen and oxygen atoms in total. The summed E-state index contributed by atoms with van der Waals surface area (Å²) in [6.07, 6.45) is -0.815. The lowest BCUT2D eigenvalue weighted by Crippen LogP contribution is -2.28. The first-order valence-corrected chi connectivity index (χ1v) is 7.61. The first-order valence-electron chi connectivity index (χ1n) is 6.67. The van der Waals surface area contributed by atoms with Gasteiger partial charge < -0.3 is 10.4 Å². The quantitative estimate of drug-likeness (QED) is 0.487. The summed E-state index contributed by atoms with van der Waals surface area (Å²) in [7, 11) is 0. The van der Waals surface area contributed by atoms with Gasteiger partial charge in [0.1, 0.15) is 0 Å². The molecule has 0 saturated heterocycles. The van der Waals surface area contributed by atoms with E-state index in [4.69, 9.17) is 0 Å². The average Bonchev–Trinajstić information content (AvgIpc) is 3.20. The van der Waals surface area contributed by atoms with Gasteiger partial charge in [0.25, 0.3) is 11.6 Å². The normalized spacial score (nSPS) is 12.2. The van der Waals surface area contributed by atoms with E-state index in [9.17, 15) is 20.0 Å². The molecule has 1 aromatic carbocycles. The standard InChI is InChI=1S/C14H12N4O4S/c19-12(8-3-4-23-7-8)6-15-14(20)13-10-5-9(18(21)22)1-2-11(10)16-17-13/h1-5,7,12,19H,6H2,(H,15,20)(H,16,17). The van der Waals surface area contributed by atoms with Crippen molar-refractivity contribution in [3.63, 3.8) is 0 Å². The number of thiophene rings is 1. The summed E-state index contributed by atoms with van der Waals surface area (Å²) in [4.78, 5) is 22.5. The zero-order valence-electron chi connectivity index (χ0n) is 11.7. The van der Waals surface area contributed by atoms with E-state index in [1.54, 1.807) is 11.4 Å². The van der Waals surface area contributed by atoms with Crippen LogP contribution >= 0.6 is 11.3 Å². The molecule has 23 heavy (non-hydrogen) atoms. The molecule has 3 N–H and O–H groups in total. The molecule has 3 rings (SSSR count). The average molecular weight is 332 g/mol. The van der Waals surface area contributed by atoms with Crippen molar-refractivity contribution in [3.8, 4) is 0 Å². The number of benzene rings is 1. The molecule has 2 aromatic heterocycles. The molecular formula is C14H12N4O4S. The van der Waals surface area contributed by atoms with Gasteiger partial charge in [-0.15, -0.1) is 0 Å². The number of non-ortho nitro benzene ring substituents is 1. The molecule has 0 fully saturated rings. The van der Waals surface area contributed by atoms with Crippen LogP contribution in [0.15, 0.2) is 35.0 Å². The highest BCUT2D eigenvalue weighted by atomic mass is 32.1. The molecule has 0 aliphatic rings. The summed E-state index contributed by atoms with van der Waals surface area (Å²) < 4.78 is 0. The van der Waals surface area contributed by atoms with E-state index in [0.717, 1.165) is 5.56 Å². The number of hydrogen-bond acceptors (Lipinski definition) is 6. The monoisotopic (exact) mass is 332 g/mol. The molecule has 1 unspecified atom stereocenters. The van der Waals surface area contributed by atoms with E-state index >= 15 is 0 Å². The number of nitrogens with one attached hydrogen (secondary N) is 2. The highest BCUT2D eigenvalue weighted by molar-refractivity contribution is 7.07. The Morgan fingerprint density at radius 1 is 1.48 bits per heavy atom. The second-order valence-electron chi connectivity index (χ2n) is 4.84. The van der Waals surface area contributed by atoms with Gasteiger partial charge in [-0.1, -0.05) is 0 Å². The van der Waals surface area contributed by atoms with Crippen LogP contribution in [0.5, 0.6) is 0 Å². The molecule has 118 valence electrons. The van der Waals surface area contributed by atoms with Crippen LogP contribution in [0.3, 0.4) is 0 Å². The first-order chi connectivity index (χ1) is 11.1. The van der Waals surface area contributed by atoms with Crippen LogP contribution in [0.2, 0.25) is 0 Å². The Hall–Kier alpha value is -2.78. The van der Waals surface area contributed by atoms with Gasteiger partial charge in [0, 0.05) is 24.1 Å². The Balaban J connectivity index is 1.78. The van der Waals surface area contributed by atoms with Gasteiger partial charge in [-0.2, -0.15) is 16.4 Å². The van der Waals surface area contributed by atoms with Crippen molar-refractivity contribution in [3.05, 3.63) is 56.4 Å². The van der Waals surface area contributed by atoms with Crippen LogP contribution in [0.4, 0.5) is 5.69 Å². The maximum absolute atomic E-state index is 12.2. The zero-order valence-corrected chi connectivity index (χ0v) is 12.5. The number of carbonyl (C=O) groups excluding carboxylic acids is 1. The van der Waals surface area contributed by atoms with Gasteiger partial charge in [-0.05, 0) is 28.5 Å². The number of nitrogens with zero attached hydrogens (tertiary/aromatic N) is 2. The van der Waals surface area contributed by atoms with Crippen LogP contribution in [-0.2, 0) is 0 Å². The van der Waals surface area contributed by atoms with E-state index < -0.39 is 16.9 Å². The number of nitro benzene ring substituents is 1. The fraction of sp³-hybridized carbons (Fsp3) is 0.143. The zero-order chi connectivity index (χ0) is 16.4. The lowest BCUT2D eigenvalue weighted by Gasteiger charge is -2.09. The second kappa shape index (κ2) is 6.15. The highest BCUT2D eigenvalue weighted by Crippen LogP contribution is 2.22. The van der Waals surface area contributed by atoms with Gasteiger partial charge >= 0.3 is 0 Å². The highest BCUT2D eigenvalue weighted by Gasteiger charge is 2.18. The van der Waals surface area contributed by atoms with Gasteiger partial charge in [0.05, 0.1) is 16.5 Å². The number of rotatable bonds is 5. The fourth-order valence-corrected chi connectivity index (χ4v) is 2.85. The van der Waals surface area contributed by atoms with Gasteiger partial charge in [-0.3, -0.25) is 20.0 Å². The Morgan fingerprint density at radius 3 is 3.00 bits per heavy atom. The molecule has 0 saturated carbocycles. The third-order valence-corrected chi connectivity index (χ3v) is 4.06. The molecule has 1 atom stereocenters. The summed E-state index contributed by atoms with van der Waals surface area (Å²) >= 11 is 1.45. The number of aromatic amines is 1. The number of amides is 1. The van der Waals surface area contributed by atoms with Crippen molar-refractivity contribution in [2.45, 2.75) is 6.10 Å². The molecule has 3 aromatic rings. The van der Waals surface area contributed by atoms with Crippen LogP contribution in [0.1, 0.15) is 22.2 Å². The van der Waals surface area contributed by atoms with Crippen LogP contribution in [0.25, 0.3) is 10.9 Å². The van der Waals surface area contributed by atoms with Crippen molar-refractivity contribution in [2.75, 3.05) is 6.54 Å². The summed E-state index contributed by atoms with van der Waals surface area (Å²) in [6.45, 7) is 0.0266. The minimum absolute atomic E-state index is 0.0266. The van der Waals surface area contributed by atoms with E-state index in [-0.39, 0.29) is 17.9 Å². The van der Waals surface area contributed by atoms with E-state index in [0.29, 0.717) is 10.9 Å². The number of fused-ring (bicyclic) bond motifs is 1. The van der Waals surface area contributed by atoms with E-state index in [2.05, 4.69) is 15.5 Å². The summed E-state index contributed by atoms with van der Waals surface area (Å²) in [5.41, 5.74) is 1.18. The Bertz CT molecular complexity index is 859. The van der Waals surface area contributed by atoms with Gasteiger partial charge in [-0.25, -0.2) is 0 Å². The number of hydrogen-bond donors (Lipinski definition) is 3. The summed E-state index contributed by atoms with van der Waals surface area (Å²) in [5, 5.41) is 33.9. The predicted molar refractivity (Wildman–Crippen MR) is 84.4 cm³/mol. The Kier molecular flexibility index (Phi) is 4.04. The lowest BCUT2D eigenvalue weighted by atomic mass is 10.1. The van der Waals surface area contributed by atoms with Gasteiger partial charge in [0.15, 0.2) is 5.69 Å². The molecule has 1 amide bonds. The third-order valence-electron chi connectivity index (χ3n) is 3.36. The fourth-order valence-electron chi connectivity index (χ4n) is 2.14. The molecule has 0 spiro atoms. The Morgan fingerprint density at radius 2 is 2.30 bits per heavy atom. The second-order valence-corrected chi connectivity index (χ2v) is 5.62. The summed E-state index contributed by atoms with van der Waals surface area (Å²) in [6, 6.07) is 5.90. The minimum atomic E-state index is -0.815. The van der Waals surface area contributed by atoms with Crippen LogP contribution in [-0.4, -0.2) is 32.7 Å². The topological polar surface area (TPSA) is 121 Å². The number of H-pyrrole nitrogens is 1.